The quantitative estimate of drug-likeness (QED) is 0.867. The molecule has 0 radical (unpaired) electrons. The molecule has 0 fully saturated rings. The lowest BCUT2D eigenvalue weighted by atomic mass is 9.88. The maximum Gasteiger partial charge on any atom is 0.231 e. The van der Waals surface area contributed by atoms with Crippen LogP contribution in [0.1, 0.15) is 22.7 Å². The molecule has 0 saturated heterocycles. The van der Waals surface area contributed by atoms with E-state index in [2.05, 4.69) is 36.2 Å². The van der Waals surface area contributed by atoms with Crippen molar-refractivity contribution in [1.29, 1.82) is 0 Å². The lowest BCUT2D eigenvalue weighted by Gasteiger charge is -2.35. The zero-order chi connectivity index (χ0) is 16.7. The van der Waals surface area contributed by atoms with Crippen LogP contribution in [0.5, 0.6) is 23.0 Å². The fraction of sp³-hybridized carbons (Fsp3) is 0.368. The number of hydrogen-bond donors (Lipinski definition) is 0. The highest BCUT2D eigenvalue weighted by Crippen LogP contribution is 2.42. The molecule has 5 nitrogen and oxygen atoms in total. The zero-order valence-electron chi connectivity index (χ0n) is 14.2. The predicted molar refractivity (Wildman–Crippen MR) is 90.3 cm³/mol. The maximum absolute atomic E-state index is 5.55. The third-order valence-corrected chi connectivity index (χ3v) is 4.83. The van der Waals surface area contributed by atoms with E-state index in [1.54, 1.807) is 14.2 Å². The Balaban J connectivity index is 1.82. The summed E-state index contributed by atoms with van der Waals surface area (Å²) in [6.45, 7) is 1.28. The summed E-state index contributed by atoms with van der Waals surface area (Å²) >= 11 is 0. The molecule has 0 amide bonds. The first-order valence-electron chi connectivity index (χ1n) is 8.06. The van der Waals surface area contributed by atoms with Crippen molar-refractivity contribution in [3.8, 4) is 23.0 Å². The van der Waals surface area contributed by atoms with E-state index in [-0.39, 0.29) is 6.04 Å². The SMILES string of the molecule is COc1cc2c(cc1OC)C(c1ccc3c(c1)OCO3)N(C)CC2. The van der Waals surface area contributed by atoms with Crippen LogP contribution in [0.2, 0.25) is 0 Å². The largest absolute Gasteiger partial charge is 0.493 e. The topological polar surface area (TPSA) is 40.2 Å². The van der Waals surface area contributed by atoms with Gasteiger partial charge in [0.05, 0.1) is 20.3 Å². The summed E-state index contributed by atoms with van der Waals surface area (Å²) < 4.78 is 21.9. The Morgan fingerprint density at radius 2 is 1.75 bits per heavy atom. The average molecular weight is 327 g/mol. The minimum Gasteiger partial charge on any atom is -0.493 e. The van der Waals surface area contributed by atoms with E-state index in [4.69, 9.17) is 18.9 Å². The summed E-state index contributed by atoms with van der Waals surface area (Å²) in [6.07, 6.45) is 0.993. The number of fused-ring (bicyclic) bond motifs is 2. The summed E-state index contributed by atoms with van der Waals surface area (Å²) in [4.78, 5) is 2.35. The van der Waals surface area contributed by atoms with Gasteiger partial charge >= 0.3 is 0 Å². The molecule has 2 aromatic rings. The minimum atomic E-state index is 0.156. The van der Waals surface area contributed by atoms with Crippen molar-refractivity contribution in [2.75, 3.05) is 34.6 Å². The summed E-state index contributed by atoms with van der Waals surface area (Å²) in [5.41, 5.74) is 3.74. The van der Waals surface area contributed by atoms with Gasteiger partial charge in [-0.15, -0.1) is 0 Å². The van der Waals surface area contributed by atoms with Crippen molar-refractivity contribution in [2.45, 2.75) is 12.5 Å². The van der Waals surface area contributed by atoms with Gasteiger partial charge in [-0.05, 0) is 54.4 Å². The van der Waals surface area contributed by atoms with E-state index in [0.717, 1.165) is 36.0 Å². The summed E-state index contributed by atoms with van der Waals surface area (Å²) in [7, 11) is 5.50. The summed E-state index contributed by atoms with van der Waals surface area (Å²) in [5.74, 6) is 3.17. The molecular weight excluding hydrogens is 306 g/mol. The van der Waals surface area contributed by atoms with Gasteiger partial charge < -0.3 is 18.9 Å². The Hall–Kier alpha value is -2.40. The monoisotopic (exact) mass is 327 g/mol. The van der Waals surface area contributed by atoms with Gasteiger partial charge in [0.25, 0.3) is 0 Å². The molecule has 1 atom stereocenters. The van der Waals surface area contributed by atoms with E-state index in [1.807, 2.05) is 6.07 Å². The van der Waals surface area contributed by atoms with Gasteiger partial charge in [0.1, 0.15) is 0 Å². The molecule has 0 bridgehead atoms. The molecule has 24 heavy (non-hydrogen) atoms. The lowest BCUT2D eigenvalue weighted by Crippen LogP contribution is -2.32. The molecule has 0 aliphatic carbocycles. The highest BCUT2D eigenvalue weighted by atomic mass is 16.7. The minimum absolute atomic E-state index is 0.156. The number of methoxy groups -OCH3 is 2. The third kappa shape index (κ3) is 2.36. The van der Waals surface area contributed by atoms with Gasteiger partial charge in [0.2, 0.25) is 6.79 Å². The molecule has 126 valence electrons. The van der Waals surface area contributed by atoms with Crippen LogP contribution in [0.4, 0.5) is 0 Å². The summed E-state index contributed by atoms with van der Waals surface area (Å²) in [5, 5.41) is 0. The molecule has 2 aromatic carbocycles. The van der Waals surface area contributed by atoms with Crippen LogP contribution in [0.15, 0.2) is 30.3 Å². The summed E-state index contributed by atoms with van der Waals surface area (Å²) in [6, 6.07) is 10.5. The molecule has 0 spiro atoms. The van der Waals surface area contributed by atoms with Gasteiger partial charge in [-0.2, -0.15) is 0 Å². The van der Waals surface area contributed by atoms with Crippen LogP contribution in [0, 0.1) is 0 Å². The molecule has 1 unspecified atom stereocenters. The Morgan fingerprint density at radius 1 is 1.00 bits per heavy atom. The first-order chi connectivity index (χ1) is 11.7. The molecule has 5 heteroatoms. The fourth-order valence-electron chi connectivity index (χ4n) is 3.59. The molecule has 4 rings (SSSR count). The van der Waals surface area contributed by atoms with Crippen molar-refractivity contribution in [2.24, 2.45) is 0 Å². The molecule has 0 saturated carbocycles. The normalized spacial score (nSPS) is 19.0. The number of hydrogen-bond acceptors (Lipinski definition) is 5. The number of rotatable bonds is 3. The Bertz CT molecular complexity index is 774. The van der Waals surface area contributed by atoms with Crippen LogP contribution in [0.25, 0.3) is 0 Å². The predicted octanol–water partition coefficient (Wildman–Crippen LogP) is 3.01. The van der Waals surface area contributed by atoms with E-state index >= 15 is 0 Å². The Kier molecular flexibility index (Phi) is 3.73. The number of nitrogens with zero attached hydrogens (tertiary/aromatic N) is 1. The maximum atomic E-state index is 5.55. The second-order valence-corrected chi connectivity index (χ2v) is 6.15. The standard InChI is InChI=1S/C19H21NO4/c1-20-7-6-12-8-16(21-2)17(22-3)10-14(12)19(20)13-4-5-15-18(9-13)24-11-23-15/h4-5,8-10,19H,6-7,11H2,1-3H3. The Labute approximate surface area is 141 Å². The van der Waals surface area contributed by atoms with Crippen LogP contribution in [-0.2, 0) is 6.42 Å². The molecule has 2 aliphatic heterocycles. The molecular formula is C19H21NO4. The van der Waals surface area contributed by atoms with Crippen molar-refractivity contribution < 1.29 is 18.9 Å². The van der Waals surface area contributed by atoms with Gasteiger partial charge in [0, 0.05) is 6.54 Å². The van der Waals surface area contributed by atoms with E-state index in [0.29, 0.717) is 6.79 Å². The van der Waals surface area contributed by atoms with Crippen molar-refractivity contribution in [3.63, 3.8) is 0 Å². The van der Waals surface area contributed by atoms with Crippen LogP contribution >= 0.6 is 0 Å². The highest BCUT2D eigenvalue weighted by Gasteiger charge is 2.29. The number of likely N-dealkylation sites (N-methyl/N-ethyl adjacent to an activating group) is 1. The fourth-order valence-corrected chi connectivity index (χ4v) is 3.59. The lowest BCUT2D eigenvalue weighted by molar-refractivity contribution is 0.174. The van der Waals surface area contributed by atoms with E-state index < -0.39 is 0 Å². The van der Waals surface area contributed by atoms with E-state index in [1.165, 1.54) is 16.7 Å². The molecule has 0 N–H and O–H groups in total. The van der Waals surface area contributed by atoms with Crippen LogP contribution in [-0.4, -0.2) is 39.5 Å². The van der Waals surface area contributed by atoms with E-state index in [9.17, 15) is 0 Å². The first-order valence-corrected chi connectivity index (χ1v) is 8.06. The van der Waals surface area contributed by atoms with Gasteiger partial charge in [-0.3, -0.25) is 4.90 Å². The molecule has 2 heterocycles. The molecule has 2 aliphatic rings. The second-order valence-electron chi connectivity index (χ2n) is 6.15. The van der Waals surface area contributed by atoms with Crippen molar-refractivity contribution in [1.82, 2.24) is 4.90 Å². The highest BCUT2D eigenvalue weighted by molar-refractivity contribution is 5.53. The van der Waals surface area contributed by atoms with Crippen molar-refractivity contribution >= 4 is 0 Å². The zero-order valence-corrected chi connectivity index (χ0v) is 14.2. The van der Waals surface area contributed by atoms with Gasteiger partial charge in [0.15, 0.2) is 23.0 Å². The van der Waals surface area contributed by atoms with Crippen LogP contribution in [0.3, 0.4) is 0 Å². The molecule has 0 aromatic heterocycles. The third-order valence-electron chi connectivity index (χ3n) is 4.83. The van der Waals surface area contributed by atoms with Gasteiger partial charge in [-0.25, -0.2) is 0 Å². The van der Waals surface area contributed by atoms with Crippen molar-refractivity contribution in [3.05, 3.63) is 47.0 Å². The Morgan fingerprint density at radius 3 is 2.54 bits per heavy atom. The smallest absolute Gasteiger partial charge is 0.231 e. The number of benzene rings is 2. The first kappa shape index (κ1) is 15.1. The van der Waals surface area contributed by atoms with Gasteiger partial charge in [-0.1, -0.05) is 6.07 Å². The van der Waals surface area contributed by atoms with Crippen LogP contribution < -0.4 is 18.9 Å². The second kappa shape index (κ2) is 5.91. The number of ether oxygens (including phenoxy) is 4. The average Bonchev–Trinajstić information content (AvgIpc) is 3.08.